The zero-order valence-electron chi connectivity index (χ0n) is 10.3. The van der Waals surface area contributed by atoms with Crippen LogP contribution in [0, 0.1) is 0 Å². The summed E-state index contributed by atoms with van der Waals surface area (Å²) in [6, 6.07) is 17.5. The molecule has 0 fully saturated rings. The van der Waals surface area contributed by atoms with Crippen molar-refractivity contribution in [3.05, 3.63) is 73.4 Å². The number of nitrogens with zero attached hydrogens (tertiary/aromatic N) is 1. The number of amides is 1. The van der Waals surface area contributed by atoms with E-state index in [1.54, 1.807) is 48.5 Å². The lowest BCUT2D eigenvalue weighted by Crippen LogP contribution is -2.21. The monoisotopic (exact) mass is 257 g/mol. The lowest BCUT2D eigenvalue weighted by molar-refractivity contribution is 0.204. The maximum absolute atomic E-state index is 10.6. The molecule has 0 unspecified atom stereocenters. The fraction of sp³-hybridized carbons (Fsp3) is 0. The van der Waals surface area contributed by atoms with Gasteiger partial charge in [-0.3, -0.25) is 4.90 Å². The maximum Gasteiger partial charge on any atom is 0.415 e. The highest BCUT2D eigenvalue weighted by atomic mass is 16.4. The van der Waals surface area contributed by atoms with Gasteiger partial charge in [0.2, 0.25) is 0 Å². The molecule has 4 heteroatoms. The minimum atomic E-state index is -1.03. The Labute approximate surface area is 111 Å². The second-order valence-corrected chi connectivity index (χ2v) is 3.51. The van der Waals surface area contributed by atoms with Gasteiger partial charge in [-0.15, -0.1) is 0 Å². The van der Waals surface area contributed by atoms with Crippen molar-refractivity contribution in [1.82, 2.24) is 0 Å². The molecule has 0 saturated carbocycles. The van der Waals surface area contributed by atoms with Crippen molar-refractivity contribution in [3.8, 4) is 5.75 Å². The molecule has 0 aliphatic rings. The zero-order chi connectivity index (χ0) is 14.1. The van der Waals surface area contributed by atoms with Gasteiger partial charge in [0.25, 0.3) is 0 Å². The predicted molar refractivity (Wildman–Crippen MR) is 75.2 cm³/mol. The Balaban J connectivity index is 0.000000218. The van der Waals surface area contributed by atoms with Crippen LogP contribution in [0.3, 0.4) is 0 Å². The van der Waals surface area contributed by atoms with E-state index in [4.69, 9.17) is 10.2 Å². The number of hydrogen-bond acceptors (Lipinski definition) is 2. The van der Waals surface area contributed by atoms with E-state index < -0.39 is 6.09 Å². The smallest absolute Gasteiger partial charge is 0.415 e. The Morgan fingerprint density at radius 3 is 1.79 bits per heavy atom. The summed E-state index contributed by atoms with van der Waals surface area (Å²) in [5.41, 5.74) is 0.597. The number of benzene rings is 2. The molecule has 0 aliphatic carbocycles. The van der Waals surface area contributed by atoms with Gasteiger partial charge in [0, 0.05) is 6.20 Å². The third kappa shape index (κ3) is 4.95. The van der Waals surface area contributed by atoms with Gasteiger partial charge in [0.15, 0.2) is 0 Å². The third-order valence-electron chi connectivity index (χ3n) is 2.18. The van der Waals surface area contributed by atoms with Crippen LogP contribution in [0.2, 0.25) is 0 Å². The third-order valence-corrected chi connectivity index (χ3v) is 2.18. The summed E-state index contributed by atoms with van der Waals surface area (Å²) in [6.45, 7) is 3.40. The first-order valence-corrected chi connectivity index (χ1v) is 5.59. The molecule has 2 aromatic rings. The molecule has 4 nitrogen and oxygen atoms in total. The number of anilines is 1. The molecule has 2 N–H and O–H groups in total. The predicted octanol–water partition coefficient (Wildman–Crippen LogP) is 3.71. The van der Waals surface area contributed by atoms with Gasteiger partial charge in [-0.25, -0.2) is 4.79 Å². The van der Waals surface area contributed by atoms with Crippen LogP contribution in [0.15, 0.2) is 73.4 Å². The minimum absolute atomic E-state index is 0.322. The molecule has 1 amide bonds. The van der Waals surface area contributed by atoms with Crippen molar-refractivity contribution < 1.29 is 15.0 Å². The van der Waals surface area contributed by atoms with Crippen molar-refractivity contribution in [3.63, 3.8) is 0 Å². The maximum atomic E-state index is 10.6. The van der Waals surface area contributed by atoms with E-state index in [1.165, 1.54) is 6.20 Å². The Morgan fingerprint density at radius 2 is 1.47 bits per heavy atom. The molecule has 0 saturated heterocycles. The molecule has 0 heterocycles. The van der Waals surface area contributed by atoms with Crippen molar-refractivity contribution in [1.29, 1.82) is 0 Å². The molecular formula is C15H15NO3. The molecule has 98 valence electrons. The molecule has 0 spiro atoms. The Kier molecular flexibility index (Phi) is 5.69. The molecule has 2 aromatic carbocycles. The summed E-state index contributed by atoms with van der Waals surface area (Å²) in [4.78, 5) is 11.6. The number of para-hydroxylation sites is 2. The summed E-state index contributed by atoms with van der Waals surface area (Å²) in [5, 5.41) is 17.3. The Hall–Kier alpha value is -2.75. The van der Waals surface area contributed by atoms with Crippen LogP contribution < -0.4 is 4.90 Å². The molecular weight excluding hydrogens is 242 g/mol. The van der Waals surface area contributed by atoms with E-state index in [1.807, 2.05) is 12.1 Å². The van der Waals surface area contributed by atoms with Gasteiger partial charge >= 0.3 is 6.09 Å². The first-order chi connectivity index (χ1) is 9.15. The lowest BCUT2D eigenvalue weighted by Gasteiger charge is -2.12. The van der Waals surface area contributed by atoms with Crippen LogP contribution in [0.4, 0.5) is 10.5 Å². The van der Waals surface area contributed by atoms with E-state index in [0.717, 1.165) is 4.90 Å². The van der Waals surface area contributed by atoms with Crippen LogP contribution in [0.1, 0.15) is 0 Å². The van der Waals surface area contributed by atoms with Crippen LogP contribution in [-0.2, 0) is 0 Å². The van der Waals surface area contributed by atoms with Gasteiger partial charge in [-0.1, -0.05) is 43.0 Å². The summed E-state index contributed by atoms with van der Waals surface area (Å²) in [7, 11) is 0. The summed E-state index contributed by atoms with van der Waals surface area (Å²) >= 11 is 0. The average Bonchev–Trinajstić information content (AvgIpc) is 2.42. The quantitative estimate of drug-likeness (QED) is 0.862. The molecule has 0 radical (unpaired) electrons. The SMILES string of the molecule is C=CN(C(=O)O)c1ccccc1.Oc1ccccc1. The van der Waals surface area contributed by atoms with Gasteiger partial charge in [-0.05, 0) is 24.3 Å². The number of phenols is 1. The lowest BCUT2D eigenvalue weighted by atomic mass is 10.3. The number of rotatable bonds is 2. The highest BCUT2D eigenvalue weighted by molar-refractivity contribution is 5.87. The van der Waals surface area contributed by atoms with Crippen molar-refractivity contribution in [2.75, 3.05) is 4.90 Å². The highest BCUT2D eigenvalue weighted by Crippen LogP contribution is 2.12. The first-order valence-electron chi connectivity index (χ1n) is 5.59. The van der Waals surface area contributed by atoms with Gasteiger partial charge in [0.1, 0.15) is 5.75 Å². The summed E-state index contributed by atoms with van der Waals surface area (Å²) < 4.78 is 0. The summed E-state index contributed by atoms with van der Waals surface area (Å²) in [5.74, 6) is 0.322. The van der Waals surface area contributed by atoms with Gasteiger partial charge in [-0.2, -0.15) is 0 Å². The largest absolute Gasteiger partial charge is 0.508 e. The zero-order valence-corrected chi connectivity index (χ0v) is 10.3. The number of phenolic OH excluding ortho intramolecular Hbond substituents is 1. The molecule has 2 rings (SSSR count). The fourth-order valence-corrected chi connectivity index (χ4v) is 1.31. The van der Waals surface area contributed by atoms with E-state index in [0.29, 0.717) is 11.4 Å². The van der Waals surface area contributed by atoms with Crippen LogP contribution >= 0.6 is 0 Å². The van der Waals surface area contributed by atoms with Crippen molar-refractivity contribution >= 4 is 11.8 Å². The number of hydrogen-bond donors (Lipinski definition) is 2. The fourth-order valence-electron chi connectivity index (χ4n) is 1.31. The van der Waals surface area contributed by atoms with E-state index in [-0.39, 0.29) is 0 Å². The standard InChI is InChI=1S/C9H9NO2.C6H6O/c1-2-10(9(11)12)8-6-4-3-5-7-8;7-6-4-2-1-3-5-6/h2-7H,1H2,(H,11,12);1-5,7H. The molecule has 0 aliphatic heterocycles. The Morgan fingerprint density at radius 1 is 1.00 bits per heavy atom. The van der Waals surface area contributed by atoms with E-state index >= 15 is 0 Å². The van der Waals surface area contributed by atoms with Crippen LogP contribution in [-0.4, -0.2) is 16.3 Å². The Bertz CT molecular complexity index is 511. The molecule has 19 heavy (non-hydrogen) atoms. The van der Waals surface area contributed by atoms with Crippen LogP contribution in [0.25, 0.3) is 0 Å². The highest BCUT2D eigenvalue weighted by Gasteiger charge is 2.08. The first kappa shape index (κ1) is 14.3. The van der Waals surface area contributed by atoms with E-state index in [2.05, 4.69) is 6.58 Å². The normalized spacial score (nSPS) is 8.84. The molecule has 0 aromatic heterocycles. The topological polar surface area (TPSA) is 60.8 Å². The van der Waals surface area contributed by atoms with E-state index in [9.17, 15) is 4.79 Å². The van der Waals surface area contributed by atoms with Gasteiger partial charge < -0.3 is 10.2 Å². The summed E-state index contributed by atoms with van der Waals surface area (Å²) in [6.07, 6.45) is 0.230. The molecule has 0 atom stereocenters. The van der Waals surface area contributed by atoms with Crippen molar-refractivity contribution in [2.45, 2.75) is 0 Å². The van der Waals surface area contributed by atoms with Gasteiger partial charge in [0.05, 0.1) is 5.69 Å². The minimum Gasteiger partial charge on any atom is -0.508 e. The second kappa shape index (κ2) is 7.55. The molecule has 0 bridgehead atoms. The number of aromatic hydroxyl groups is 1. The van der Waals surface area contributed by atoms with Crippen LogP contribution in [0.5, 0.6) is 5.75 Å². The second-order valence-electron chi connectivity index (χ2n) is 3.51. The average molecular weight is 257 g/mol. The van der Waals surface area contributed by atoms with Crippen molar-refractivity contribution in [2.24, 2.45) is 0 Å². The number of carboxylic acid groups (broad SMARTS) is 1. The number of carbonyl (C=O) groups is 1.